The van der Waals surface area contributed by atoms with Gasteiger partial charge in [0.15, 0.2) is 13.0 Å². The van der Waals surface area contributed by atoms with Crippen LogP contribution in [0.3, 0.4) is 0 Å². The van der Waals surface area contributed by atoms with Crippen LogP contribution in [0.25, 0.3) is 0 Å². The van der Waals surface area contributed by atoms with Crippen LogP contribution >= 0.6 is 11.6 Å². The van der Waals surface area contributed by atoms with Gasteiger partial charge in [0.2, 0.25) is 11.8 Å². The van der Waals surface area contributed by atoms with Crippen molar-refractivity contribution < 1.29 is 27.5 Å². The second-order valence-corrected chi connectivity index (χ2v) is 7.29. The van der Waals surface area contributed by atoms with Gasteiger partial charge in [0.05, 0.1) is 18.7 Å². The molecule has 0 saturated heterocycles. The highest BCUT2D eigenvalue weighted by Crippen LogP contribution is 2.30. The molecule has 32 heavy (non-hydrogen) atoms. The predicted molar refractivity (Wildman–Crippen MR) is 107 cm³/mol. The van der Waals surface area contributed by atoms with E-state index in [1.165, 1.54) is 36.0 Å². The number of alkyl halides is 2. The number of hydrogen-bond donors (Lipinski definition) is 1. The molecule has 3 aromatic rings. The highest BCUT2D eigenvalue weighted by Gasteiger charge is 2.30. The molecule has 9 nitrogen and oxygen atoms in total. The molecule has 0 bridgehead atoms. The van der Waals surface area contributed by atoms with E-state index in [1.54, 1.807) is 6.07 Å². The van der Waals surface area contributed by atoms with Crippen molar-refractivity contribution in [3.05, 3.63) is 64.6 Å². The van der Waals surface area contributed by atoms with Crippen LogP contribution in [0.5, 0.6) is 5.88 Å². The number of carbonyl (C=O) groups excluding carboxylic acids is 2. The largest absolute Gasteiger partial charge is 0.471 e. The maximum absolute atomic E-state index is 12.8. The van der Waals surface area contributed by atoms with E-state index < -0.39 is 13.0 Å². The second-order valence-electron chi connectivity index (χ2n) is 6.88. The molecular formula is C20H16ClF2N5O4. The van der Waals surface area contributed by atoms with Crippen molar-refractivity contribution >= 4 is 29.2 Å². The summed E-state index contributed by atoms with van der Waals surface area (Å²) in [5.74, 6) is -0.406. The van der Waals surface area contributed by atoms with Gasteiger partial charge < -0.3 is 19.4 Å². The van der Waals surface area contributed by atoms with Crippen molar-refractivity contribution in [1.82, 2.24) is 19.9 Å². The van der Waals surface area contributed by atoms with E-state index in [4.69, 9.17) is 20.8 Å². The third-order valence-corrected chi connectivity index (χ3v) is 4.86. The molecule has 1 N–H and O–H groups in total. The van der Waals surface area contributed by atoms with Crippen LogP contribution in [0, 0.1) is 0 Å². The molecule has 2 amide bonds. The van der Waals surface area contributed by atoms with Crippen LogP contribution in [0.1, 0.15) is 27.2 Å². The Balaban J connectivity index is 1.44. The number of halogens is 3. The van der Waals surface area contributed by atoms with E-state index in [0.717, 1.165) is 0 Å². The summed E-state index contributed by atoms with van der Waals surface area (Å²) in [5, 5.41) is 2.77. The van der Waals surface area contributed by atoms with Crippen LogP contribution in [-0.4, -0.2) is 44.7 Å². The molecule has 4 heterocycles. The molecule has 0 aliphatic carbocycles. The number of anilines is 1. The lowest BCUT2D eigenvalue weighted by Gasteiger charge is -2.16. The topological polar surface area (TPSA) is 110 Å². The lowest BCUT2D eigenvalue weighted by molar-refractivity contribution is -0.115. The average Bonchev–Trinajstić information content (AvgIpc) is 3.36. The third kappa shape index (κ3) is 4.83. The number of fused-ring (bicyclic) bond motifs is 1. The molecule has 3 aromatic heterocycles. The Morgan fingerprint density at radius 1 is 1.34 bits per heavy atom. The van der Waals surface area contributed by atoms with Crippen molar-refractivity contribution in [2.24, 2.45) is 0 Å². The van der Waals surface area contributed by atoms with Crippen LogP contribution in [-0.2, 0) is 24.3 Å². The van der Waals surface area contributed by atoms with Crippen molar-refractivity contribution in [2.75, 3.05) is 11.9 Å². The quantitative estimate of drug-likeness (QED) is 0.546. The van der Waals surface area contributed by atoms with Gasteiger partial charge >= 0.3 is 0 Å². The van der Waals surface area contributed by atoms with Crippen molar-refractivity contribution in [2.45, 2.75) is 25.9 Å². The monoisotopic (exact) mass is 463 g/mol. The molecule has 1 aliphatic heterocycles. The molecule has 1 aliphatic rings. The van der Waals surface area contributed by atoms with Gasteiger partial charge in [0.25, 0.3) is 12.3 Å². The number of amides is 2. The third-order valence-electron chi connectivity index (χ3n) is 4.59. The number of aromatic nitrogens is 3. The van der Waals surface area contributed by atoms with Crippen LogP contribution in [0.2, 0.25) is 5.02 Å². The van der Waals surface area contributed by atoms with E-state index in [1.807, 2.05) is 0 Å². The minimum absolute atomic E-state index is 0.00363. The zero-order valence-electron chi connectivity index (χ0n) is 16.4. The summed E-state index contributed by atoms with van der Waals surface area (Å²) in [5.41, 5.74) is 2.07. The van der Waals surface area contributed by atoms with Gasteiger partial charge in [-0.2, -0.15) is 0 Å². The SMILES string of the molecule is O=C(Cc1cocn1)Nc1nccc2c1CN(Cc1cnc(OCC(F)F)c(Cl)c1)C2=O. The van der Waals surface area contributed by atoms with Crippen molar-refractivity contribution in [3.8, 4) is 5.88 Å². The van der Waals surface area contributed by atoms with E-state index in [-0.39, 0.29) is 42.2 Å². The molecule has 0 radical (unpaired) electrons. The zero-order chi connectivity index (χ0) is 22.7. The van der Waals surface area contributed by atoms with Crippen LogP contribution in [0.4, 0.5) is 14.6 Å². The molecule has 0 spiro atoms. The summed E-state index contributed by atoms with van der Waals surface area (Å²) < 4.78 is 34.3. The Labute approximate surface area is 185 Å². The maximum Gasteiger partial charge on any atom is 0.272 e. The van der Waals surface area contributed by atoms with Gasteiger partial charge in [-0.1, -0.05) is 11.6 Å². The zero-order valence-corrected chi connectivity index (χ0v) is 17.2. The number of oxazole rings is 1. The summed E-state index contributed by atoms with van der Waals surface area (Å²) in [7, 11) is 0. The molecule has 0 atom stereocenters. The van der Waals surface area contributed by atoms with Gasteiger partial charge in [-0.3, -0.25) is 9.59 Å². The first-order valence-corrected chi connectivity index (χ1v) is 9.78. The van der Waals surface area contributed by atoms with Gasteiger partial charge in [-0.15, -0.1) is 0 Å². The Morgan fingerprint density at radius 2 is 2.19 bits per heavy atom. The Hall–Kier alpha value is -3.60. The number of nitrogens with zero attached hydrogens (tertiary/aromatic N) is 4. The minimum Gasteiger partial charge on any atom is -0.471 e. The number of carbonyl (C=O) groups is 2. The minimum atomic E-state index is -2.65. The van der Waals surface area contributed by atoms with E-state index in [0.29, 0.717) is 28.2 Å². The highest BCUT2D eigenvalue weighted by atomic mass is 35.5. The molecule has 12 heteroatoms. The molecule has 0 fully saturated rings. The molecule has 4 rings (SSSR count). The molecular weight excluding hydrogens is 448 g/mol. The Bertz CT molecular complexity index is 1140. The Morgan fingerprint density at radius 3 is 2.91 bits per heavy atom. The highest BCUT2D eigenvalue weighted by molar-refractivity contribution is 6.31. The number of nitrogens with one attached hydrogen (secondary N) is 1. The standard InChI is InChI=1S/C20H16ClF2N5O4/c21-15-3-11(5-25-19(15)32-9-16(22)23)6-28-7-14-13(20(28)30)1-2-24-18(14)27-17(29)4-12-8-31-10-26-12/h1-3,5,8,10,16H,4,6-7,9H2,(H,24,27,29). The summed E-state index contributed by atoms with van der Waals surface area (Å²) >= 11 is 6.06. The molecule has 0 unspecified atom stereocenters. The van der Waals surface area contributed by atoms with Crippen LogP contribution in [0.15, 0.2) is 41.6 Å². The number of ether oxygens (including phenoxy) is 1. The maximum atomic E-state index is 12.8. The second kappa shape index (κ2) is 9.27. The van der Waals surface area contributed by atoms with Gasteiger partial charge in [-0.25, -0.2) is 23.7 Å². The fraction of sp³-hybridized carbons (Fsp3) is 0.250. The van der Waals surface area contributed by atoms with Crippen molar-refractivity contribution in [1.29, 1.82) is 0 Å². The molecule has 0 aromatic carbocycles. The fourth-order valence-electron chi connectivity index (χ4n) is 3.21. The smallest absolute Gasteiger partial charge is 0.272 e. The summed E-state index contributed by atoms with van der Waals surface area (Å²) in [6.07, 6.45) is 2.81. The van der Waals surface area contributed by atoms with Gasteiger partial charge in [-0.05, 0) is 17.7 Å². The van der Waals surface area contributed by atoms with Gasteiger partial charge in [0.1, 0.15) is 17.1 Å². The number of rotatable bonds is 8. The van der Waals surface area contributed by atoms with Gasteiger partial charge in [0, 0.05) is 30.1 Å². The lowest BCUT2D eigenvalue weighted by atomic mass is 10.1. The fourth-order valence-corrected chi connectivity index (χ4v) is 3.45. The Kier molecular flexibility index (Phi) is 6.26. The number of pyridine rings is 2. The predicted octanol–water partition coefficient (Wildman–Crippen LogP) is 3.10. The first kappa shape index (κ1) is 21.6. The summed E-state index contributed by atoms with van der Waals surface area (Å²) in [4.78, 5) is 38.7. The molecule has 0 saturated carbocycles. The normalized spacial score (nSPS) is 12.9. The summed E-state index contributed by atoms with van der Waals surface area (Å²) in [6, 6.07) is 3.09. The van der Waals surface area contributed by atoms with E-state index in [2.05, 4.69) is 20.3 Å². The first-order valence-electron chi connectivity index (χ1n) is 9.40. The van der Waals surface area contributed by atoms with Crippen molar-refractivity contribution in [3.63, 3.8) is 0 Å². The van der Waals surface area contributed by atoms with E-state index in [9.17, 15) is 18.4 Å². The average molecular weight is 464 g/mol. The number of hydrogen-bond acceptors (Lipinski definition) is 7. The van der Waals surface area contributed by atoms with E-state index >= 15 is 0 Å². The molecule has 166 valence electrons. The summed E-state index contributed by atoms with van der Waals surface area (Å²) in [6.45, 7) is -0.436. The van der Waals surface area contributed by atoms with Crippen LogP contribution < -0.4 is 10.1 Å². The first-order chi connectivity index (χ1) is 15.4. The lowest BCUT2D eigenvalue weighted by Crippen LogP contribution is -2.23.